The number of hydrogen-bond donors (Lipinski definition) is 1. The van der Waals surface area contributed by atoms with E-state index in [1.54, 1.807) is 12.4 Å². The van der Waals surface area contributed by atoms with Crippen LogP contribution in [-0.4, -0.2) is 9.97 Å². The summed E-state index contributed by atoms with van der Waals surface area (Å²) in [7, 11) is 0. The van der Waals surface area contributed by atoms with Crippen molar-refractivity contribution in [3.05, 3.63) is 53.8 Å². The molecule has 0 unspecified atom stereocenters. The summed E-state index contributed by atoms with van der Waals surface area (Å²) in [4.78, 5) is 7.14. The highest BCUT2D eigenvalue weighted by atomic mass is 35.5. The van der Waals surface area contributed by atoms with Crippen LogP contribution in [0.1, 0.15) is 0 Å². The van der Waals surface area contributed by atoms with Crippen LogP contribution in [0.4, 0.5) is 0 Å². The molecule has 0 atom stereocenters. The molecule has 2 heterocycles. The third kappa shape index (κ3) is 1.97. The van der Waals surface area contributed by atoms with E-state index in [-0.39, 0.29) is 0 Å². The fourth-order valence-electron chi connectivity index (χ4n) is 1.63. The summed E-state index contributed by atoms with van der Waals surface area (Å²) in [6.07, 6.45) is 3.46. The summed E-state index contributed by atoms with van der Waals surface area (Å²) < 4.78 is 5.72. The minimum atomic E-state index is 0.714. The Morgan fingerprint density at radius 2 is 1.76 bits per heavy atom. The molecule has 0 aliphatic heterocycles. The van der Waals surface area contributed by atoms with Gasteiger partial charge in [0.1, 0.15) is 5.76 Å². The fraction of sp³-hybridized carbons (Fsp3) is 0. The first-order valence-electron chi connectivity index (χ1n) is 5.18. The van der Waals surface area contributed by atoms with Gasteiger partial charge < -0.3 is 9.40 Å². The van der Waals surface area contributed by atoms with Crippen LogP contribution in [0.2, 0.25) is 5.02 Å². The summed E-state index contributed by atoms with van der Waals surface area (Å²) in [6.45, 7) is 0. The Morgan fingerprint density at radius 3 is 2.47 bits per heavy atom. The van der Waals surface area contributed by atoms with Crippen molar-refractivity contribution >= 4 is 11.6 Å². The number of nitrogens with one attached hydrogen (secondary N) is 1. The first-order chi connectivity index (χ1) is 8.33. The highest BCUT2D eigenvalue weighted by Gasteiger charge is 2.07. The van der Waals surface area contributed by atoms with Crippen molar-refractivity contribution in [1.29, 1.82) is 0 Å². The highest BCUT2D eigenvalue weighted by Crippen LogP contribution is 2.27. The molecule has 0 aliphatic rings. The van der Waals surface area contributed by atoms with Gasteiger partial charge in [0.15, 0.2) is 11.6 Å². The molecule has 0 saturated carbocycles. The minimum Gasteiger partial charge on any atom is -0.453 e. The zero-order chi connectivity index (χ0) is 11.7. The van der Waals surface area contributed by atoms with E-state index in [0.717, 1.165) is 22.9 Å². The molecule has 1 N–H and O–H groups in total. The van der Waals surface area contributed by atoms with Gasteiger partial charge in [-0.15, -0.1) is 0 Å². The normalized spacial score (nSPS) is 10.6. The Bertz CT molecular complexity index is 611. The van der Waals surface area contributed by atoms with Gasteiger partial charge >= 0.3 is 0 Å². The molecule has 3 aromatic rings. The first kappa shape index (κ1) is 10.2. The second-order valence-electron chi connectivity index (χ2n) is 3.61. The molecule has 0 amide bonds. The monoisotopic (exact) mass is 244 g/mol. The second kappa shape index (κ2) is 4.11. The summed E-state index contributed by atoms with van der Waals surface area (Å²) in [6, 6.07) is 11.3. The maximum absolute atomic E-state index is 5.84. The largest absolute Gasteiger partial charge is 0.453 e. The lowest BCUT2D eigenvalue weighted by Gasteiger charge is -1.96. The molecule has 0 saturated heterocycles. The van der Waals surface area contributed by atoms with Gasteiger partial charge in [-0.2, -0.15) is 0 Å². The quantitative estimate of drug-likeness (QED) is 0.741. The summed E-state index contributed by atoms with van der Waals surface area (Å²) in [5.74, 6) is 2.25. The summed E-state index contributed by atoms with van der Waals surface area (Å²) >= 11 is 5.84. The van der Waals surface area contributed by atoms with Gasteiger partial charge in [0, 0.05) is 23.0 Å². The number of aromatic nitrogens is 2. The molecule has 0 radical (unpaired) electrons. The van der Waals surface area contributed by atoms with Gasteiger partial charge in [-0.05, 0) is 36.4 Å². The Morgan fingerprint density at radius 1 is 1.00 bits per heavy atom. The molecule has 3 rings (SSSR count). The van der Waals surface area contributed by atoms with E-state index >= 15 is 0 Å². The van der Waals surface area contributed by atoms with Crippen molar-refractivity contribution in [3.8, 4) is 22.9 Å². The van der Waals surface area contributed by atoms with Crippen molar-refractivity contribution in [3.63, 3.8) is 0 Å². The van der Waals surface area contributed by atoms with Gasteiger partial charge in [0.25, 0.3) is 0 Å². The Hall–Kier alpha value is -2.00. The molecule has 0 aliphatic carbocycles. The fourth-order valence-corrected chi connectivity index (χ4v) is 1.76. The average Bonchev–Trinajstić information content (AvgIpc) is 3.00. The molecule has 0 fully saturated rings. The molecular formula is C13H9ClN2O. The summed E-state index contributed by atoms with van der Waals surface area (Å²) in [5.41, 5.74) is 0.993. The second-order valence-corrected chi connectivity index (χ2v) is 4.05. The van der Waals surface area contributed by atoms with E-state index in [1.807, 2.05) is 36.4 Å². The maximum Gasteiger partial charge on any atom is 0.173 e. The number of rotatable bonds is 2. The summed E-state index contributed by atoms with van der Waals surface area (Å²) in [5, 5.41) is 0.714. The molecular weight excluding hydrogens is 236 g/mol. The van der Waals surface area contributed by atoms with Crippen LogP contribution in [-0.2, 0) is 0 Å². The van der Waals surface area contributed by atoms with E-state index in [4.69, 9.17) is 16.0 Å². The van der Waals surface area contributed by atoms with Crippen molar-refractivity contribution in [1.82, 2.24) is 9.97 Å². The number of benzene rings is 1. The topological polar surface area (TPSA) is 41.8 Å². The minimum absolute atomic E-state index is 0.714. The van der Waals surface area contributed by atoms with Crippen LogP contribution in [0.5, 0.6) is 0 Å². The lowest BCUT2D eigenvalue weighted by Crippen LogP contribution is -1.75. The van der Waals surface area contributed by atoms with Crippen LogP contribution >= 0.6 is 11.6 Å². The van der Waals surface area contributed by atoms with Crippen molar-refractivity contribution in [2.45, 2.75) is 0 Å². The Balaban J connectivity index is 1.98. The van der Waals surface area contributed by atoms with E-state index in [0.29, 0.717) is 5.02 Å². The number of aromatic amines is 1. The van der Waals surface area contributed by atoms with Crippen LogP contribution in [0.15, 0.2) is 53.2 Å². The van der Waals surface area contributed by atoms with Crippen LogP contribution in [0.25, 0.3) is 22.9 Å². The van der Waals surface area contributed by atoms with Gasteiger partial charge in [0.05, 0.1) is 0 Å². The molecule has 84 valence electrons. The third-order valence-electron chi connectivity index (χ3n) is 2.47. The number of imidazole rings is 1. The molecule has 17 heavy (non-hydrogen) atoms. The van der Waals surface area contributed by atoms with Gasteiger partial charge in [-0.25, -0.2) is 4.98 Å². The standard InChI is InChI=1S/C13H9ClN2O/c14-10-3-1-9(2-4-10)11-5-6-12(17-11)13-15-7-8-16-13/h1-8H,(H,15,16). The zero-order valence-corrected chi connectivity index (χ0v) is 9.61. The molecule has 4 heteroatoms. The number of furan rings is 1. The van der Waals surface area contributed by atoms with E-state index in [1.165, 1.54) is 0 Å². The van der Waals surface area contributed by atoms with E-state index in [2.05, 4.69) is 9.97 Å². The van der Waals surface area contributed by atoms with Crippen molar-refractivity contribution in [2.75, 3.05) is 0 Å². The van der Waals surface area contributed by atoms with Crippen LogP contribution in [0.3, 0.4) is 0 Å². The van der Waals surface area contributed by atoms with E-state index in [9.17, 15) is 0 Å². The molecule has 0 bridgehead atoms. The highest BCUT2D eigenvalue weighted by molar-refractivity contribution is 6.30. The first-order valence-corrected chi connectivity index (χ1v) is 5.56. The zero-order valence-electron chi connectivity index (χ0n) is 8.85. The van der Waals surface area contributed by atoms with Crippen molar-refractivity contribution in [2.24, 2.45) is 0 Å². The number of hydrogen-bond acceptors (Lipinski definition) is 2. The maximum atomic E-state index is 5.84. The van der Waals surface area contributed by atoms with Gasteiger partial charge in [-0.1, -0.05) is 11.6 Å². The molecule has 0 spiro atoms. The average molecular weight is 245 g/mol. The third-order valence-corrected chi connectivity index (χ3v) is 2.72. The van der Waals surface area contributed by atoms with Crippen LogP contribution < -0.4 is 0 Å². The lowest BCUT2D eigenvalue weighted by atomic mass is 10.2. The van der Waals surface area contributed by atoms with Gasteiger partial charge in [0.2, 0.25) is 0 Å². The van der Waals surface area contributed by atoms with Crippen LogP contribution in [0, 0.1) is 0 Å². The number of halogens is 1. The Labute approximate surface area is 103 Å². The Kier molecular flexibility index (Phi) is 2.46. The molecule has 2 aromatic heterocycles. The van der Waals surface area contributed by atoms with Gasteiger partial charge in [-0.3, -0.25) is 0 Å². The van der Waals surface area contributed by atoms with Crippen molar-refractivity contribution < 1.29 is 4.42 Å². The smallest absolute Gasteiger partial charge is 0.173 e. The predicted molar refractivity (Wildman–Crippen MR) is 66.7 cm³/mol. The SMILES string of the molecule is Clc1ccc(-c2ccc(-c3ncc[nH]3)o2)cc1. The lowest BCUT2D eigenvalue weighted by molar-refractivity contribution is 0.593. The molecule has 1 aromatic carbocycles. The number of H-pyrrole nitrogens is 1. The predicted octanol–water partition coefficient (Wildman–Crippen LogP) is 3.99. The molecule has 3 nitrogen and oxygen atoms in total. The van der Waals surface area contributed by atoms with E-state index < -0.39 is 0 Å². The number of nitrogens with zero attached hydrogens (tertiary/aromatic N) is 1.